The molecule has 0 unspecified atom stereocenters. The van der Waals surface area contributed by atoms with Gasteiger partial charge >= 0.3 is 0 Å². The number of rotatable bonds is 5. The van der Waals surface area contributed by atoms with Crippen LogP contribution in [0.1, 0.15) is 12.5 Å². The SMILES string of the molecule is C[C@@H](Oc1ccc(Br)cc1)C(=O)N(C)Cc1ccccc1. The van der Waals surface area contributed by atoms with Crippen LogP contribution in [-0.4, -0.2) is 24.0 Å². The predicted molar refractivity (Wildman–Crippen MR) is 87.1 cm³/mol. The van der Waals surface area contributed by atoms with Gasteiger partial charge in [0, 0.05) is 18.1 Å². The first kappa shape index (κ1) is 15.6. The van der Waals surface area contributed by atoms with Crippen LogP contribution in [0.4, 0.5) is 0 Å². The molecule has 0 heterocycles. The second kappa shape index (κ2) is 7.27. The summed E-state index contributed by atoms with van der Waals surface area (Å²) in [6.45, 7) is 2.35. The molecule has 0 aromatic heterocycles. The van der Waals surface area contributed by atoms with Crippen LogP contribution in [-0.2, 0) is 11.3 Å². The van der Waals surface area contributed by atoms with E-state index < -0.39 is 6.10 Å². The van der Waals surface area contributed by atoms with E-state index in [1.54, 1.807) is 18.9 Å². The summed E-state index contributed by atoms with van der Waals surface area (Å²) in [5.41, 5.74) is 1.10. The minimum absolute atomic E-state index is 0.0400. The van der Waals surface area contributed by atoms with Crippen molar-refractivity contribution in [3.8, 4) is 5.75 Å². The number of hydrogen-bond acceptors (Lipinski definition) is 2. The van der Waals surface area contributed by atoms with Crippen LogP contribution in [0, 0.1) is 0 Å². The highest BCUT2D eigenvalue weighted by Gasteiger charge is 2.19. The zero-order valence-electron chi connectivity index (χ0n) is 12.1. The van der Waals surface area contributed by atoms with Gasteiger partial charge in [-0.3, -0.25) is 4.79 Å². The molecule has 2 aromatic rings. The Morgan fingerprint density at radius 1 is 1.14 bits per heavy atom. The number of halogens is 1. The first-order valence-corrected chi connectivity index (χ1v) is 7.56. The zero-order chi connectivity index (χ0) is 15.2. The molecule has 0 spiro atoms. The highest BCUT2D eigenvalue weighted by molar-refractivity contribution is 9.10. The van der Waals surface area contributed by atoms with E-state index in [0.29, 0.717) is 12.3 Å². The van der Waals surface area contributed by atoms with E-state index in [-0.39, 0.29) is 5.91 Å². The second-order valence-corrected chi connectivity index (χ2v) is 5.81. The molecule has 0 aliphatic heterocycles. The number of likely N-dealkylation sites (N-methyl/N-ethyl adjacent to an activating group) is 1. The van der Waals surface area contributed by atoms with Crippen molar-refractivity contribution in [3.05, 3.63) is 64.6 Å². The van der Waals surface area contributed by atoms with Crippen molar-refractivity contribution >= 4 is 21.8 Å². The molecule has 0 N–H and O–H groups in total. The third-order valence-electron chi connectivity index (χ3n) is 3.11. The molecular formula is C17H18BrNO2. The van der Waals surface area contributed by atoms with E-state index in [1.807, 2.05) is 54.6 Å². The number of hydrogen-bond donors (Lipinski definition) is 0. The fourth-order valence-corrected chi connectivity index (χ4v) is 2.28. The zero-order valence-corrected chi connectivity index (χ0v) is 13.7. The number of carbonyl (C=O) groups is 1. The third-order valence-corrected chi connectivity index (χ3v) is 3.64. The first-order chi connectivity index (χ1) is 10.1. The molecule has 2 aromatic carbocycles. The first-order valence-electron chi connectivity index (χ1n) is 6.77. The molecule has 0 saturated carbocycles. The van der Waals surface area contributed by atoms with E-state index in [4.69, 9.17) is 4.74 Å². The smallest absolute Gasteiger partial charge is 0.263 e. The minimum atomic E-state index is -0.514. The van der Waals surface area contributed by atoms with E-state index in [0.717, 1.165) is 10.0 Å². The molecule has 1 amide bonds. The average molecular weight is 348 g/mol. The summed E-state index contributed by atoms with van der Waals surface area (Å²) in [7, 11) is 1.79. The summed E-state index contributed by atoms with van der Waals surface area (Å²) in [6, 6.07) is 17.4. The molecule has 21 heavy (non-hydrogen) atoms. The summed E-state index contributed by atoms with van der Waals surface area (Å²) in [5.74, 6) is 0.647. The maximum absolute atomic E-state index is 12.3. The maximum Gasteiger partial charge on any atom is 0.263 e. The van der Waals surface area contributed by atoms with E-state index in [2.05, 4.69) is 15.9 Å². The Hall–Kier alpha value is -1.81. The summed E-state index contributed by atoms with van der Waals surface area (Å²) in [6.07, 6.45) is -0.514. The highest BCUT2D eigenvalue weighted by Crippen LogP contribution is 2.18. The predicted octanol–water partition coefficient (Wildman–Crippen LogP) is 3.88. The monoisotopic (exact) mass is 347 g/mol. The molecule has 0 aliphatic rings. The molecule has 0 radical (unpaired) electrons. The van der Waals surface area contributed by atoms with Crippen LogP contribution in [0.25, 0.3) is 0 Å². The molecule has 110 valence electrons. The van der Waals surface area contributed by atoms with Crippen LogP contribution >= 0.6 is 15.9 Å². The molecule has 2 rings (SSSR count). The summed E-state index contributed by atoms with van der Waals surface area (Å²) >= 11 is 3.37. The molecule has 4 heteroatoms. The summed E-state index contributed by atoms with van der Waals surface area (Å²) in [5, 5.41) is 0. The van der Waals surface area contributed by atoms with Crippen molar-refractivity contribution in [2.75, 3.05) is 7.05 Å². The quantitative estimate of drug-likeness (QED) is 0.821. The Morgan fingerprint density at radius 2 is 1.76 bits per heavy atom. The number of nitrogens with zero attached hydrogens (tertiary/aromatic N) is 1. The number of benzene rings is 2. The van der Waals surface area contributed by atoms with Gasteiger partial charge in [-0.25, -0.2) is 0 Å². The second-order valence-electron chi connectivity index (χ2n) is 4.89. The van der Waals surface area contributed by atoms with E-state index in [1.165, 1.54) is 0 Å². The molecule has 0 bridgehead atoms. The van der Waals surface area contributed by atoms with Crippen LogP contribution in [0.15, 0.2) is 59.1 Å². The summed E-state index contributed by atoms with van der Waals surface area (Å²) < 4.78 is 6.66. The lowest BCUT2D eigenvalue weighted by atomic mass is 10.2. The van der Waals surface area contributed by atoms with Gasteiger partial charge < -0.3 is 9.64 Å². The topological polar surface area (TPSA) is 29.5 Å². The van der Waals surface area contributed by atoms with Gasteiger partial charge in [0.1, 0.15) is 5.75 Å². The largest absolute Gasteiger partial charge is 0.481 e. The lowest BCUT2D eigenvalue weighted by Gasteiger charge is -2.22. The Kier molecular flexibility index (Phi) is 5.39. The van der Waals surface area contributed by atoms with Gasteiger partial charge in [-0.05, 0) is 36.8 Å². The molecule has 1 atom stereocenters. The van der Waals surface area contributed by atoms with Crippen LogP contribution in [0.3, 0.4) is 0 Å². The Bertz CT molecular complexity index is 583. The van der Waals surface area contributed by atoms with Crippen LogP contribution in [0.2, 0.25) is 0 Å². The van der Waals surface area contributed by atoms with Gasteiger partial charge in [0.25, 0.3) is 5.91 Å². The average Bonchev–Trinajstić information content (AvgIpc) is 2.49. The van der Waals surface area contributed by atoms with Crippen molar-refractivity contribution < 1.29 is 9.53 Å². The fourth-order valence-electron chi connectivity index (χ4n) is 2.01. The number of ether oxygens (including phenoxy) is 1. The van der Waals surface area contributed by atoms with Crippen molar-refractivity contribution in [1.29, 1.82) is 0 Å². The number of carbonyl (C=O) groups excluding carboxylic acids is 1. The van der Waals surface area contributed by atoms with Crippen molar-refractivity contribution in [3.63, 3.8) is 0 Å². The van der Waals surface area contributed by atoms with Crippen molar-refractivity contribution in [2.45, 2.75) is 19.6 Å². The molecule has 0 fully saturated rings. The van der Waals surface area contributed by atoms with Crippen LogP contribution < -0.4 is 4.74 Å². The lowest BCUT2D eigenvalue weighted by Crippen LogP contribution is -2.37. The number of amides is 1. The summed E-state index contributed by atoms with van der Waals surface area (Å²) in [4.78, 5) is 14.0. The van der Waals surface area contributed by atoms with Gasteiger partial charge in [0.05, 0.1) is 0 Å². The molecule has 3 nitrogen and oxygen atoms in total. The van der Waals surface area contributed by atoms with E-state index in [9.17, 15) is 4.79 Å². The van der Waals surface area contributed by atoms with Gasteiger partial charge in [0.2, 0.25) is 0 Å². The van der Waals surface area contributed by atoms with E-state index >= 15 is 0 Å². The molecule has 0 saturated heterocycles. The Labute approximate surface area is 133 Å². The Morgan fingerprint density at radius 3 is 2.38 bits per heavy atom. The van der Waals surface area contributed by atoms with Crippen LogP contribution in [0.5, 0.6) is 5.75 Å². The van der Waals surface area contributed by atoms with Gasteiger partial charge in [0.15, 0.2) is 6.10 Å². The standard InChI is InChI=1S/C17H18BrNO2/c1-13(21-16-10-8-15(18)9-11-16)17(20)19(2)12-14-6-4-3-5-7-14/h3-11,13H,12H2,1-2H3/t13-/m1/s1. The third kappa shape index (κ3) is 4.60. The maximum atomic E-state index is 12.3. The normalized spacial score (nSPS) is 11.8. The van der Waals surface area contributed by atoms with Gasteiger partial charge in [-0.1, -0.05) is 46.3 Å². The minimum Gasteiger partial charge on any atom is -0.481 e. The lowest BCUT2D eigenvalue weighted by molar-refractivity contribution is -0.137. The van der Waals surface area contributed by atoms with Crippen molar-refractivity contribution in [2.24, 2.45) is 0 Å². The fraction of sp³-hybridized carbons (Fsp3) is 0.235. The Balaban J connectivity index is 1.93. The highest BCUT2D eigenvalue weighted by atomic mass is 79.9. The molecular weight excluding hydrogens is 330 g/mol. The van der Waals surface area contributed by atoms with Crippen molar-refractivity contribution in [1.82, 2.24) is 4.90 Å². The van der Waals surface area contributed by atoms with Gasteiger partial charge in [-0.2, -0.15) is 0 Å². The molecule has 0 aliphatic carbocycles. The van der Waals surface area contributed by atoms with Gasteiger partial charge in [-0.15, -0.1) is 0 Å².